The van der Waals surface area contributed by atoms with Crippen LogP contribution in [-0.2, 0) is 30.7 Å². The van der Waals surface area contributed by atoms with Crippen molar-refractivity contribution in [2.45, 2.75) is 39.8 Å². The summed E-state index contributed by atoms with van der Waals surface area (Å²) >= 11 is 0. The second kappa shape index (κ2) is 13.2. The van der Waals surface area contributed by atoms with Gasteiger partial charge in [-0.15, -0.1) is 5.10 Å². The van der Waals surface area contributed by atoms with Crippen LogP contribution in [0.15, 0.2) is 42.5 Å². The molecule has 1 saturated heterocycles. The van der Waals surface area contributed by atoms with Crippen molar-refractivity contribution < 1.29 is 23.5 Å². The standard InChI is InChI=1S/C31H38FN7O4/c1-4-21-7-6-8-22(5-2)27(21)33-30(41)38-19-25-26(20-38)39(31(42)43-18-13-32)35-28(25)34-29(40)23-9-11-24(12-10-23)37-16-14-36(3)15-17-37/h6-12H,4-5,13-20H2,1-3H3,(H,33,41)(H,34,35,40). The number of para-hydroxylation sites is 1. The molecule has 11 nitrogen and oxygen atoms in total. The van der Waals surface area contributed by atoms with E-state index >= 15 is 0 Å². The van der Waals surface area contributed by atoms with Gasteiger partial charge in [0.05, 0.1) is 18.8 Å². The molecule has 3 aromatic rings. The number of rotatable bonds is 8. The van der Waals surface area contributed by atoms with E-state index in [1.165, 1.54) is 4.90 Å². The van der Waals surface area contributed by atoms with Crippen molar-refractivity contribution in [2.75, 3.05) is 62.0 Å². The topological polar surface area (TPSA) is 112 Å². The summed E-state index contributed by atoms with van der Waals surface area (Å²) in [6.45, 7) is 6.75. The second-order valence-corrected chi connectivity index (χ2v) is 10.7. The summed E-state index contributed by atoms with van der Waals surface area (Å²) in [4.78, 5) is 45.5. The van der Waals surface area contributed by atoms with E-state index in [1.807, 2.05) is 44.2 Å². The van der Waals surface area contributed by atoms with Gasteiger partial charge in [0.25, 0.3) is 5.91 Å². The predicted octanol–water partition coefficient (Wildman–Crippen LogP) is 4.51. The van der Waals surface area contributed by atoms with Crippen LogP contribution in [0.2, 0.25) is 0 Å². The number of carbonyl (C=O) groups excluding carboxylic acids is 3. The molecule has 1 fully saturated rings. The third-order valence-corrected chi connectivity index (χ3v) is 8.00. The molecule has 12 heteroatoms. The predicted molar refractivity (Wildman–Crippen MR) is 163 cm³/mol. The van der Waals surface area contributed by atoms with Crippen molar-refractivity contribution in [3.05, 3.63) is 70.4 Å². The second-order valence-electron chi connectivity index (χ2n) is 10.7. The van der Waals surface area contributed by atoms with Gasteiger partial charge >= 0.3 is 12.1 Å². The molecule has 3 amide bonds. The largest absolute Gasteiger partial charge is 0.445 e. The molecule has 2 aromatic carbocycles. The number of aryl methyl sites for hydroxylation is 2. The number of hydrogen-bond acceptors (Lipinski definition) is 7. The Bertz CT molecular complexity index is 1460. The molecule has 1 aromatic heterocycles. The first-order chi connectivity index (χ1) is 20.8. The number of alkyl halides is 1. The highest BCUT2D eigenvalue weighted by molar-refractivity contribution is 6.04. The van der Waals surface area contributed by atoms with Crippen molar-refractivity contribution in [3.8, 4) is 0 Å². The Labute approximate surface area is 250 Å². The number of aromatic nitrogens is 2. The fraction of sp³-hybridized carbons (Fsp3) is 0.419. The molecule has 0 aliphatic carbocycles. The van der Waals surface area contributed by atoms with Crippen LogP contribution in [0.25, 0.3) is 0 Å². The van der Waals surface area contributed by atoms with Gasteiger partial charge in [0.2, 0.25) is 0 Å². The molecule has 2 aliphatic heterocycles. The van der Waals surface area contributed by atoms with Crippen LogP contribution in [0, 0.1) is 0 Å². The normalized spacial score (nSPS) is 14.9. The Kier molecular flexibility index (Phi) is 9.24. The molecular weight excluding hydrogens is 553 g/mol. The van der Waals surface area contributed by atoms with Gasteiger partial charge in [-0.25, -0.2) is 14.0 Å². The van der Waals surface area contributed by atoms with Crippen molar-refractivity contribution >= 4 is 35.2 Å². The molecule has 0 bridgehead atoms. The average molecular weight is 592 g/mol. The van der Waals surface area contributed by atoms with Crippen LogP contribution >= 0.6 is 0 Å². The van der Waals surface area contributed by atoms with Gasteiger partial charge in [-0.05, 0) is 55.3 Å². The van der Waals surface area contributed by atoms with E-state index in [-0.39, 0.29) is 24.9 Å². The summed E-state index contributed by atoms with van der Waals surface area (Å²) < 4.78 is 18.7. The van der Waals surface area contributed by atoms with Crippen LogP contribution < -0.4 is 15.5 Å². The van der Waals surface area contributed by atoms with E-state index in [1.54, 1.807) is 12.1 Å². The van der Waals surface area contributed by atoms with Gasteiger partial charge in [0, 0.05) is 48.7 Å². The number of hydrogen-bond donors (Lipinski definition) is 2. The molecule has 2 N–H and O–H groups in total. The number of fused-ring (bicyclic) bond motifs is 1. The first-order valence-corrected chi connectivity index (χ1v) is 14.7. The van der Waals surface area contributed by atoms with Gasteiger partial charge < -0.3 is 30.1 Å². The van der Waals surface area contributed by atoms with Crippen molar-refractivity contribution in [1.29, 1.82) is 0 Å². The minimum atomic E-state index is -0.877. The number of piperazine rings is 1. The van der Waals surface area contributed by atoms with Gasteiger partial charge in [-0.1, -0.05) is 32.0 Å². The van der Waals surface area contributed by atoms with Crippen molar-refractivity contribution in [1.82, 2.24) is 19.6 Å². The van der Waals surface area contributed by atoms with E-state index in [9.17, 15) is 18.8 Å². The summed E-state index contributed by atoms with van der Waals surface area (Å²) in [6, 6.07) is 13.0. The van der Waals surface area contributed by atoms with Crippen LogP contribution in [0.1, 0.15) is 46.6 Å². The van der Waals surface area contributed by atoms with Gasteiger partial charge in [0.1, 0.15) is 13.3 Å². The lowest BCUT2D eigenvalue weighted by molar-refractivity contribution is 0.102. The van der Waals surface area contributed by atoms with Crippen LogP contribution in [-0.4, -0.2) is 84.1 Å². The molecule has 5 rings (SSSR count). The number of halogens is 1. The van der Waals surface area contributed by atoms with Gasteiger partial charge in [-0.3, -0.25) is 4.79 Å². The highest BCUT2D eigenvalue weighted by Gasteiger charge is 2.34. The van der Waals surface area contributed by atoms with E-state index in [4.69, 9.17) is 4.74 Å². The number of benzene rings is 2. The van der Waals surface area contributed by atoms with Gasteiger partial charge in [0.15, 0.2) is 5.82 Å². The summed E-state index contributed by atoms with van der Waals surface area (Å²) in [6.07, 6.45) is 0.634. The van der Waals surface area contributed by atoms with E-state index in [0.29, 0.717) is 16.8 Å². The maximum Gasteiger partial charge on any atom is 0.435 e. The first-order valence-electron chi connectivity index (χ1n) is 14.7. The molecule has 43 heavy (non-hydrogen) atoms. The smallest absolute Gasteiger partial charge is 0.435 e. The molecule has 0 radical (unpaired) electrons. The lowest BCUT2D eigenvalue weighted by atomic mass is 10.0. The summed E-state index contributed by atoms with van der Waals surface area (Å²) in [5, 5.41) is 10.2. The van der Waals surface area contributed by atoms with E-state index in [2.05, 4.69) is 32.6 Å². The number of likely N-dealkylation sites (N-methyl/N-ethyl adjacent to an activating group) is 1. The summed E-state index contributed by atoms with van der Waals surface area (Å²) in [5.41, 5.74) is 5.23. The maximum absolute atomic E-state index is 13.4. The maximum atomic E-state index is 13.4. The van der Waals surface area contributed by atoms with E-state index in [0.717, 1.165) is 66.2 Å². The molecule has 0 spiro atoms. The Morgan fingerprint density at radius 1 is 0.930 bits per heavy atom. The molecule has 0 unspecified atom stereocenters. The molecule has 0 atom stereocenters. The van der Waals surface area contributed by atoms with Crippen molar-refractivity contribution in [3.63, 3.8) is 0 Å². The van der Waals surface area contributed by atoms with E-state index < -0.39 is 25.3 Å². The Hall–Kier alpha value is -4.45. The lowest BCUT2D eigenvalue weighted by Crippen LogP contribution is -2.44. The van der Waals surface area contributed by atoms with Crippen LogP contribution in [0.5, 0.6) is 0 Å². The zero-order chi connectivity index (χ0) is 30.5. The first kappa shape index (κ1) is 30.0. The Morgan fingerprint density at radius 2 is 1.60 bits per heavy atom. The number of nitrogens with one attached hydrogen (secondary N) is 2. The fourth-order valence-electron chi connectivity index (χ4n) is 5.48. The number of urea groups is 1. The number of carbonyl (C=O) groups is 3. The minimum Gasteiger partial charge on any atom is -0.445 e. The van der Waals surface area contributed by atoms with Crippen LogP contribution in [0.4, 0.5) is 31.2 Å². The summed E-state index contributed by atoms with van der Waals surface area (Å²) in [7, 11) is 2.10. The monoisotopic (exact) mass is 591 g/mol. The highest BCUT2D eigenvalue weighted by Crippen LogP contribution is 2.31. The Balaban J connectivity index is 1.34. The summed E-state index contributed by atoms with van der Waals surface area (Å²) in [5.74, 6) is -0.249. The van der Waals surface area contributed by atoms with Gasteiger partial charge in [-0.2, -0.15) is 4.68 Å². The lowest BCUT2D eigenvalue weighted by Gasteiger charge is -2.34. The number of anilines is 3. The average Bonchev–Trinajstić information content (AvgIpc) is 3.61. The molecule has 2 aliphatic rings. The zero-order valence-corrected chi connectivity index (χ0v) is 24.9. The zero-order valence-electron chi connectivity index (χ0n) is 24.9. The third-order valence-electron chi connectivity index (χ3n) is 8.00. The fourth-order valence-corrected chi connectivity index (χ4v) is 5.48. The van der Waals surface area contributed by atoms with Crippen LogP contribution in [0.3, 0.4) is 0 Å². The highest BCUT2D eigenvalue weighted by atomic mass is 19.1. The SMILES string of the molecule is CCc1cccc(CC)c1NC(=O)N1Cc2c(NC(=O)c3ccc(N4CCN(C)CC4)cc3)nn(C(=O)OCCF)c2C1. The Morgan fingerprint density at radius 3 is 2.23 bits per heavy atom. The molecule has 0 saturated carbocycles. The number of amides is 3. The third kappa shape index (κ3) is 6.48. The minimum absolute atomic E-state index is 0.0598. The number of ether oxygens (including phenoxy) is 1. The number of nitrogens with zero attached hydrogens (tertiary/aromatic N) is 5. The molecular formula is C31H38FN7O4. The molecule has 3 heterocycles. The quantitative estimate of drug-likeness (QED) is 0.396. The molecule has 228 valence electrons. The van der Waals surface area contributed by atoms with Crippen molar-refractivity contribution in [2.24, 2.45) is 0 Å².